The van der Waals surface area contributed by atoms with Gasteiger partial charge in [0, 0.05) is 6.54 Å². The topological polar surface area (TPSA) is 69.0 Å². The molecule has 0 radical (unpaired) electrons. The van der Waals surface area contributed by atoms with E-state index in [1.807, 2.05) is 54.0 Å². The molecule has 0 spiro atoms. The van der Waals surface area contributed by atoms with Crippen LogP contribution >= 0.6 is 23.4 Å². The number of thioether (sulfide) groups is 1. The molecule has 1 N–H and O–H groups in total. The quantitative estimate of drug-likeness (QED) is 0.384. The normalized spacial score (nSPS) is 11.7. The SMILES string of the molecule is C=CCn1c(SCC(=O)Nc2ccccc2Cl)nnc1[C@H](C)Oc1ccccc1. The second kappa shape index (κ2) is 10.1. The molecule has 1 amide bonds. The van der Waals surface area contributed by atoms with Crippen LogP contribution in [0.5, 0.6) is 5.75 Å². The van der Waals surface area contributed by atoms with Crippen molar-refractivity contribution in [1.82, 2.24) is 14.8 Å². The molecule has 1 atom stereocenters. The van der Waals surface area contributed by atoms with E-state index in [1.54, 1.807) is 18.2 Å². The Labute approximate surface area is 178 Å². The van der Waals surface area contributed by atoms with Gasteiger partial charge in [-0.1, -0.05) is 59.8 Å². The molecule has 0 fully saturated rings. The van der Waals surface area contributed by atoms with Crippen molar-refractivity contribution >= 4 is 35.0 Å². The van der Waals surface area contributed by atoms with E-state index in [2.05, 4.69) is 22.1 Å². The minimum atomic E-state index is -0.309. The van der Waals surface area contributed by atoms with Gasteiger partial charge in [-0.3, -0.25) is 9.36 Å². The molecule has 0 saturated heterocycles. The fourth-order valence-electron chi connectivity index (χ4n) is 2.64. The molecule has 3 rings (SSSR count). The number of carbonyl (C=O) groups excluding carboxylic acids is 1. The van der Waals surface area contributed by atoms with Crippen LogP contribution < -0.4 is 10.1 Å². The highest BCUT2D eigenvalue weighted by Gasteiger charge is 2.20. The fraction of sp³-hybridized carbons (Fsp3) is 0.190. The van der Waals surface area contributed by atoms with E-state index in [0.29, 0.717) is 28.2 Å². The van der Waals surface area contributed by atoms with Crippen LogP contribution in [0.2, 0.25) is 5.02 Å². The van der Waals surface area contributed by atoms with Crippen molar-refractivity contribution in [2.45, 2.75) is 24.7 Å². The van der Waals surface area contributed by atoms with E-state index in [0.717, 1.165) is 5.75 Å². The predicted octanol–water partition coefficient (Wildman–Crippen LogP) is 4.99. The molecule has 0 aliphatic rings. The van der Waals surface area contributed by atoms with Crippen LogP contribution in [0.25, 0.3) is 0 Å². The van der Waals surface area contributed by atoms with Crippen LogP contribution in [0.15, 0.2) is 72.4 Å². The van der Waals surface area contributed by atoms with Crippen LogP contribution in [0.3, 0.4) is 0 Å². The van der Waals surface area contributed by atoms with Crippen molar-refractivity contribution < 1.29 is 9.53 Å². The number of hydrogen-bond donors (Lipinski definition) is 1. The van der Waals surface area contributed by atoms with Crippen LogP contribution in [-0.4, -0.2) is 26.4 Å². The highest BCUT2D eigenvalue weighted by Crippen LogP contribution is 2.25. The number of hydrogen-bond acceptors (Lipinski definition) is 5. The Morgan fingerprint density at radius 2 is 1.97 bits per heavy atom. The van der Waals surface area contributed by atoms with Gasteiger partial charge in [-0.15, -0.1) is 16.8 Å². The molecular formula is C21H21ClN4O2S. The summed E-state index contributed by atoms with van der Waals surface area (Å²) in [7, 11) is 0. The average Bonchev–Trinajstić information content (AvgIpc) is 3.12. The van der Waals surface area contributed by atoms with E-state index < -0.39 is 0 Å². The Morgan fingerprint density at radius 1 is 1.24 bits per heavy atom. The summed E-state index contributed by atoms with van der Waals surface area (Å²) in [5.74, 6) is 1.42. The van der Waals surface area contributed by atoms with E-state index in [1.165, 1.54) is 11.8 Å². The average molecular weight is 429 g/mol. The highest BCUT2D eigenvalue weighted by atomic mass is 35.5. The number of para-hydroxylation sites is 2. The van der Waals surface area contributed by atoms with Crippen molar-refractivity contribution in [1.29, 1.82) is 0 Å². The molecule has 150 valence electrons. The number of allylic oxidation sites excluding steroid dienone is 1. The van der Waals surface area contributed by atoms with E-state index in [9.17, 15) is 4.79 Å². The number of nitrogens with one attached hydrogen (secondary N) is 1. The molecule has 0 aliphatic heterocycles. The lowest BCUT2D eigenvalue weighted by molar-refractivity contribution is -0.113. The lowest BCUT2D eigenvalue weighted by Crippen LogP contribution is -2.15. The smallest absolute Gasteiger partial charge is 0.234 e. The van der Waals surface area contributed by atoms with Gasteiger partial charge < -0.3 is 10.1 Å². The molecule has 1 aromatic heterocycles. The molecule has 0 bridgehead atoms. The number of halogens is 1. The number of nitrogens with zero attached hydrogens (tertiary/aromatic N) is 3. The Bertz CT molecular complexity index is 978. The number of benzene rings is 2. The zero-order chi connectivity index (χ0) is 20.6. The van der Waals surface area contributed by atoms with Gasteiger partial charge in [-0.05, 0) is 31.2 Å². The first-order valence-corrected chi connectivity index (χ1v) is 10.4. The third-order valence-electron chi connectivity index (χ3n) is 3.96. The van der Waals surface area contributed by atoms with E-state index >= 15 is 0 Å². The van der Waals surface area contributed by atoms with Crippen molar-refractivity contribution in [3.05, 3.63) is 78.1 Å². The van der Waals surface area contributed by atoms with Gasteiger partial charge in [0.15, 0.2) is 17.1 Å². The Morgan fingerprint density at radius 3 is 2.69 bits per heavy atom. The monoisotopic (exact) mass is 428 g/mol. The van der Waals surface area contributed by atoms with Crippen LogP contribution in [0, 0.1) is 0 Å². The van der Waals surface area contributed by atoms with Crippen LogP contribution in [-0.2, 0) is 11.3 Å². The Kier molecular flexibility index (Phi) is 7.32. The molecule has 3 aromatic rings. The van der Waals surface area contributed by atoms with Crippen molar-refractivity contribution in [3.8, 4) is 5.75 Å². The van der Waals surface area contributed by atoms with Crippen molar-refractivity contribution in [3.63, 3.8) is 0 Å². The van der Waals surface area contributed by atoms with Crippen molar-refractivity contribution in [2.24, 2.45) is 0 Å². The summed E-state index contributed by atoms with van der Waals surface area (Å²) in [4.78, 5) is 12.3. The van der Waals surface area contributed by atoms with Gasteiger partial charge in [0.05, 0.1) is 16.5 Å². The van der Waals surface area contributed by atoms with Gasteiger partial charge >= 0.3 is 0 Å². The second-order valence-corrected chi connectivity index (χ2v) is 7.48. The third-order valence-corrected chi connectivity index (χ3v) is 5.25. The standard InChI is InChI=1S/C21H21ClN4O2S/c1-3-13-26-20(15(2)28-16-9-5-4-6-10-16)24-25-21(26)29-14-19(27)23-18-12-8-7-11-17(18)22/h3-12,15H,1,13-14H2,2H3,(H,23,27)/t15-/m0/s1. The maximum atomic E-state index is 12.3. The van der Waals surface area contributed by atoms with E-state index in [4.69, 9.17) is 16.3 Å². The molecule has 0 unspecified atom stereocenters. The minimum absolute atomic E-state index is 0.175. The van der Waals surface area contributed by atoms with Gasteiger partial charge in [-0.25, -0.2) is 0 Å². The summed E-state index contributed by atoms with van der Waals surface area (Å²) in [5, 5.41) is 12.4. The highest BCUT2D eigenvalue weighted by molar-refractivity contribution is 7.99. The number of rotatable bonds is 9. The summed E-state index contributed by atoms with van der Waals surface area (Å²) < 4.78 is 7.85. The van der Waals surface area contributed by atoms with Crippen LogP contribution in [0.1, 0.15) is 18.9 Å². The second-order valence-electron chi connectivity index (χ2n) is 6.13. The third kappa shape index (κ3) is 5.62. The van der Waals surface area contributed by atoms with Gasteiger partial charge in [-0.2, -0.15) is 0 Å². The molecule has 29 heavy (non-hydrogen) atoms. The maximum Gasteiger partial charge on any atom is 0.234 e. The number of ether oxygens (including phenoxy) is 1. The summed E-state index contributed by atoms with van der Waals surface area (Å²) in [6, 6.07) is 16.6. The summed E-state index contributed by atoms with van der Waals surface area (Å²) in [5.41, 5.74) is 0.581. The molecule has 0 saturated carbocycles. The number of aromatic nitrogens is 3. The van der Waals surface area contributed by atoms with Gasteiger partial charge in [0.2, 0.25) is 5.91 Å². The van der Waals surface area contributed by atoms with Gasteiger partial charge in [0.1, 0.15) is 5.75 Å². The zero-order valence-corrected chi connectivity index (χ0v) is 17.5. The van der Waals surface area contributed by atoms with Gasteiger partial charge in [0.25, 0.3) is 0 Å². The fourth-order valence-corrected chi connectivity index (χ4v) is 3.58. The van der Waals surface area contributed by atoms with Crippen molar-refractivity contribution in [2.75, 3.05) is 11.1 Å². The number of amides is 1. The first-order valence-electron chi connectivity index (χ1n) is 9.01. The Balaban J connectivity index is 1.67. The predicted molar refractivity (Wildman–Crippen MR) is 117 cm³/mol. The first kappa shape index (κ1) is 21.0. The summed E-state index contributed by atoms with van der Waals surface area (Å²) in [6.45, 7) is 6.23. The van der Waals surface area contributed by atoms with Crippen LogP contribution in [0.4, 0.5) is 5.69 Å². The van der Waals surface area contributed by atoms with E-state index in [-0.39, 0.29) is 17.8 Å². The number of carbonyl (C=O) groups is 1. The largest absolute Gasteiger partial charge is 0.483 e. The molecule has 2 aromatic carbocycles. The molecule has 0 aliphatic carbocycles. The minimum Gasteiger partial charge on any atom is -0.483 e. The molecule has 6 nitrogen and oxygen atoms in total. The lowest BCUT2D eigenvalue weighted by Gasteiger charge is -2.15. The maximum absolute atomic E-state index is 12.3. The summed E-state index contributed by atoms with van der Waals surface area (Å²) >= 11 is 7.38. The molecule has 1 heterocycles. The molecule has 8 heteroatoms. The molecular weight excluding hydrogens is 408 g/mol. The number of anilines is 1. The first-order chi connectivity index (χ1) is 14.1. The summed E-state index contributed by atoms with van der Waals surface area (Å²) in [6.07, 6.45) is 1.45. The lowest BCUT2D eigenvalue weighted by atomic mass is 10.3. The Hall–Kier alpha value is -2.77. The zero-order valence-electron chi connectivity index (χ0n) is 15.9.